The molecule has 1 aromatic rings. The average molecular weight is 265 g/mol. The molecule has 1 aromatic heterocycles. The van der Waals surface area contributed by atoms with E-state index in [4.69, 9.17) is 4.52 Å². The van der Waals surface area contributed by atoms with Gasteiger partial charge in [-0.1, -0.05) is 19.0 Å². The quantitative estimate of drug-likeness (QED) is 0.800. The number of rotatable bonds is 2. The molecule has 0 saturated carbocycles. The van der Waals surface area contributed by atoms with Gasteiger partial charge >= 0.3 is 0 Å². The fourth-order valence-corrected chi connectivity index (χ4v) is 2.29. The largest absolute Gasteiger partial charge is 0.351 e. The molecule has 2 rings (SSSR count). The van der Waals surface area contributed by atoms with E-state index < -0.39 is 0 Å². The maximum absolute atomic E-state index is 12.2. The summed E-state index contributed by atoms with van der Waals surface area (Å²) in [7, 11) is 0. The summed E-state index contributed by atoms with van der Waals surface area (Å²) in [5, 5.41) is 3.54. The summed E-state index contributed by atoms with van der Waals surface area (Å²) >= 11 is 0. The van der Waals surface area contributed by atoms with E-state index in [-0.39, 0.29) is 29.5 Å². The lowest BCUT2D eigenvalue weighted by Gasteiger charge is -2.40. The Balaban J connectivity index is 2.01. The van der Waals surface area contributed by atoms with Crippen molar-refractivity contribution >= 4 is 11.8 Å². The third-order valence-corrected chi connectivity index (χ3v) is 3.34. The van der Waals surface area contributed by atoms with Crippen molar-refractivity contribution in [1.82, 2.24) is 15.0 Å². The van der Waals surface area contributed by atoms with Gasteiger partial charge in [0.15, 0.2) is 0 Å². The first-order valence-corrected chi connectivity index (χ1v) is 6.51. The Morgan fingerprint density at radius 3 is 2.68 bits per heavy atom. The van der Waals surface area contributed by atoms with Crippen LogP contribution in [0, 0.1) is 5.92 Å². The fraction of sp³-hybridized carbons (Fsp3) is 0.615. The molecule has 2 amide bonds. The molecule has 0 aromatic carbocycles. The molecule has 0 radical (unpaired) electrons. The van der Waals surface area contributed by atoms with Crippen LogP contribution in [-0.4, -0.2) is 52.4 Å². The van der Waals surface area contributed by atoms with Crippen molar-refractivity contribution in [2.24, 2.45) is 5.92 Å². The van der Waals surface area contributed by atoms with Gasteiger partial charge in [-0.15, -0.1) is 0 Å². The molecule has 0 N–H and O–H groups in total. The van der Waals surface area contributed by atoms with Crippen LogP contribution in [0.4, 0.5) is 0 Å². The van der Waals surface area contributed by atoms with Crippen LogP contribution in [0.2, 0.25) is 0 Å². The van der Waals surface area contributed by atoms with E-state index in [2.05, 4.69) is 5.16 Å². The molecular formula is C13H19N3O3. The Morgan fingerprint density at radius 1 is 1.42 bits per heavy atom. The summed E-state index contributed by atoms with van der Waals surface area (Å²) in [6, 6.07) is 1.54. The van der Waals surface area contributed by atoms with Gasteiger partial charge in [0.05, 0.1) is 6.20 Å². The van der Waals surface area contributed by atoms with E-state index >= 15 is 0 Å². The minimum atomic E-state index is -0.165. The number of amides is 2. The van der Waals surface area contributed by atoms with Gasteiger partial charge in [0, 0.05) is 37.7 Å². The van der Waals surface area contributed by atoms with Crippen LogP contribution in [0.5, 0.6) is 0 Å². The fourth-order valence-electron chi connectivity index (χ4n) is 2.29. The van der Waals surface area contributed by atoms with Crippen molar-refractivity contribution in [2.75, 3.05) is 19.6 Å². The molecule has 1 saturated heterocycles. The summed E-state index contributed by atoms with van der Waals surface area (Å²) in [5.74, 6) is 0.208. The van der Waals surface area contributed by atoms with Gasteiger partial charge in [0.1, 0.15) is 0 Å². The van der Waals surface area contributed by atoms with Crippen LogP contribution in [0.25, 0.3) is 0 Å². The molecule has 0 aliphatic carbocycles. The summed E-state index contributed by atoms with van der Waals surface area (Å²) in [6.07, 6.45) is 1.45. The maximum atomic E-state index is 12.2. The van der Waals surface area contributed by atoms with Crippen molar-refractivity contribution in [2.45, 2.75) is 26.8 Å². The smallest absolute Gasteiger partial charge is 0.292 e. The van der Waals surface area contributed by atoms with E-state index in [0.717, 1.165) is 0 Å². The molecule has 1 aliphatic rings. The van der Waals surface area contributed by atoms with Crippen molar-refractivity contribution < 1.29 is 14.1 Å². The maximum Gasteiger partial charge on any atom is 0.292 e. The molecule has 1 atom stereocenters. The van der Waals surface area contributed by atoms with Crippen LogP contribution in [0.1, 0.15) is 31.3 Å². The van der Waals surface area contributed by atoms with Crippen molar-refractivity contribution in [3.63, 3.8) is 0 Å². The van der Waals surface area contributed by atoms with Gasteiger partial charge in [-0.2, -0.15) is 0 Å². The SMILES string of the molecule is CC(C)C(=O)N1CCN(C(=O)c2ccno2)C(C)C1. The highest BCUT2D eigenvalue weighted by Crippen LogP contribution is 2.15. The molecule has 1 unspecified atom stereocenters. The Bertz CT molecular complexity index is 456. The first-order chi connectivity index (χ1) is 9.00. The van der Waals surface area contributed by atoms with Crippen molar-refractivity contribution in [3.8, 4) is 0 Å². The van der Waals surface area contributed by atoms with E-state index in [1.165, 1.54) is 6.20 Å². The second kappa shape index (κ2) is 5.42. The van der Waals surface area contributed by atoms with E-state index in [1.54, 1.807) is 11.0 Å². The average Bonchev–Trinajstić information content (AvgIpc) is 2.90. The van der Waals surface area contributed by atoms with Crippen LogP contribution in [0.15, 0.2) is 16.8 Å². The highest BCUT2D eigenvalue weighted by molar-refractivity contribution is 5.91. The highest BCUT2D eigenvalue weighted by Gasteiger charge is 2.32. The third kappa shape index (κ3) is 2.77. The zero-order valence-corrected chi connectivity index (χ0v) is 11.5. The zero-order valence-electron chi connectivity index (χ0n) is 11.5. The molecular weight excluding hydrogens is 246 g/mol. The number of aromatic nitrogens is 1. The second-order valence-corrected chi connectivity index (χ2v) is 5.16. The van der Waals surface area contributed by atoms with Crippen molar-refractivity contribution in [1.29, 1.82) is 0 Å². The van der Waals surface area contributed by atoms with Gasteiger partial charge in [-0.05, 0) is 6.92 Å². The van der Waals surface area contributed by atoms with Crippen LogP contribution >= 0.6 is 0 Å². The molecule has 19 heavy (non-hydrogen) atoms. The topological polar surface area (TPSA) is 66.7 Å². The Labute approximate surface area is 112 Å². The molecule has 1 aliphatic heterocycles. The summed E-state index contributed by atoms with van der Waals surface area (Å²) in [5.41, 5.74) is 0. The van der Waals surface area contributed by atoms with E-state index in [9.17, 15) is 9.59 Å². The lowest BCUT2D eigenvalue weighted by Crippen LogP contribution is -2.56. The molecule has 104 valence electrons. The van der Waals surface area contributed by atoms with Gasteiger partial charge in [0.2, 0.25) is 11.7 Å². The van der Waals surface area contributed by atoms with Gasteiger partial charge in [-0.25, -0.2) is 0 Å². The van der Waals surface area contributed by atoms with Crippen LogP contribution in [0.3, 0.4) is 0 Å². The number of hydrogen-bond donors (Lipinski definition) is 0. The Morgan fingerprint density at radius 2 is 2.16 bits per heavy atom. The first kappa shape index (κ1) is 13.6. The number of hydrogen-bond acceptors (Lipinski definition) is 4. The zero-order chi connectivity index (χ0) is 14.0. The monoisotopic (exact) mass is 265 g/mol. The minimum Gasteiger partial charge on any atom is -0.351 e. The van der Waals surface area contributed by atoms with Gasteiger partial charge in [-0.3, -0.25) is 9.59 Å². The molecule has 0 bridgehead atoms. The number of nitrogens with zero attached hydrogens (tertiary/aromatic N) is 3. The first-order valence-electron chi connectivity index (χ1n) is 6.51. The van der Waals surface area contributed by atoms with Gasteiger partial charge < -0.3 is 14.3 Å². The molecule has 2 heterocycles. The standard InChI is InChI=1S/C13H19N3O3/c1-9(2)12(17)15-6-7-16(10(3)8-15)13(18)11-4-5-14-19-11/h4-5,9-10H,6-8H2,1-3H3. The predicted molar refractivity (Wildman–Crippen MR) is 68.4 cm³/mol. The number of carbonyl (C=O) groups is 2. The Hall–Kier alpha value is -1.85. The summed E-state index contributed by atoms with van der Waals surface area (Å²) in [4.78, 5) is 27.7. The van der Waals surface area contributed by atoms with Gasteiger partial charge in [0.25, 0.3) is 5.91 Å². The lowest BCUT2D eigenvalue weighted by molar-refractivity contribution is -0.136. The lowest BCUT2D eigenvalue weighted by atomic mass is 10.1. The molecule has 6 nitrogen and oxygen atoms in total. The molecule has 1 fully saturated rings. The van der Waals surface area contributed by atoms with Crippen molar-refractivity contribution in [3.05, 3.63) is 18.0 Å². The molecule has 0 spiro atoms. The van der Waals surface area contributed by atoms with E-state index in [1.807, 2.05) is 25.7 Å². The normalized spacial score (nSPS) is 19.9. The summed E-state index contributed by atoms with van der Waals surface area (Å²) < 4.78 is 4.89. The highest BCUT2D eigenvalue weighted by atomic mass is 16.5. The van der Waals surface area contributed by atoms with Crippen LogP contribution < -0.4 is 0 Å². The van der Waals surface area contributed by atoms with Crippen LogP contribution in [-0.2, 0) is 4.79 Å². The predicted octanol–water partition coefficient (Wildman–Crippen LogP) is 1.00. The second-order valence-electron chi connectivity index (χ2n) is 5.16. The number of piperazine rings is 1. The number of carbonyl (C=O) groups excluding carboxylic acids is 2. The minimum absolute atomic E-state index is 0.0104. The van der Waals surface area contributed by atoms with E-state index in [0.29, 0.717) is 19.6 Å². The third-order valence-electron chi connectivity index (χ3n) is 3.34. The Kier molecular flexibility index (Phi) is 3.87. The summed E-state index contributed by atoms with van der Waals surface area (Å²) in [6.45, 7) is 7.38. The molecule has 6 heteroatoms.